The Balaban J connectivity index is 2.24. The number of hydrogen-bond acceptors (Lipinski definition) is 2. The molecule has 0 heterocycles. The minimum Gasteiger partial charge on any atom is -0.389 e. The highest BCUT2D eigenvalue weighted by molar-refractivity contribution is 9.10. The third-order valence-electron chi connectivity index (χ3n) is 2.46. The number of halogens is 2. The van der Waals surface area contributed by atoms with Crippen LogP contribution in [0.3, 0.4) is 0 Å². The van der Waals surface area contributed by atoms with Gasteiger partial charge >= 0.3 is 0 Å². The lowest BCUT2D eigenvalue weighted by Crippen LogP contribution is -1.90. The fourth-order valence-electron chi connectivity index (χ4n) is 1.52. The summed E-state index contributed by atoms with van der Waals surface area (Å²) in [5, 5.41) is 10.2. The van der Waals surface area contributed by atoms with Crippen molar-refractivity contribution in [2.45, 2.75) is 22.8 Å². The van der Waals surface area contributed by atoms with Crippen molar-refractivity contribution in [1.82, 2.24) is 0 Å². The van der Waals surface area contributed by atoms with Crippen LogP contribution in [0.5, 0.6) is 0 Å². The van der Waals surface area contributed by atoms with Gasteiger partial charge in [0.1, 0.15) is 0 Å². The molecular formula is C14H12BrClOS. The van der Waals surface area contributed by atoms with Gasteiger partial charge in [-0.2, -0.15) is 0 Å². The predicted octanol–water partition coefficient (Wildman–Crippen LogP) is 5.31. The van der Waals surface area contributed by atoms with Gasteiger partial charge in [-0.25, -0.2) is 0 Å². The lowest BCUT2D eigenvalue weighted by Gasteiger charge is -2.09. The molecule has 4 heteroatoms. The molecule has 0 fully saturated rings. The van der Waals surface area contributed by atoms with Gasteiger partial charge in [-0.3, -0.25) is 0 Å². The maximum Gasteiger partial charge on any atom is 0.0762 e. The van der Waals surface area contributed by atoms with Gasteiger partial charge in [0.25, 0.3) is 0 Å². The van der Waals surface area contributed by atoms with Gasteiger partial charge in [0.05, 0.1) is 11.1 Å². The zero-order chi connectivity index (χ0) is 13.1. The fraction of sp³-hybridized carbons (Fsp3) is 0.143. The minimum atomic E-state index is -0.493. The Labute approximate surface area is 124 Å². The molecule has 0 aromatic heterocycles. The van der Waals surface area contributed by atoms with Crippen LogP contribution in [0.4, 0.5) is 0 Å². The summed E-state index contributed by atoms with van der Waals surface area (Å²) in [6.07, 6.45) is -0.493. The first-order valence-electron chi connectivity index (χ1n) is 5.47. The maximum absolute atomic E-state index is 9.49. The van der Waals surface area contributed by atoms with Crippen LogP contribution in [0, 0.1) is 0 Å². The van der Waals surface area contributed by atoms with E-state index in [0.717, 1.165) is 19.8 Å². The van der Waals surface area contributed by atoms with Crippen LogP contribution in [0.15, 0.2) is 56.7 Å². The van der Waals surface area contributed by atoms with E-state index in [0.29, 0.717) is 5.02 Å². The highest BCUT2D eigenvalue weighted by Gasteiger charge is 2.07. The maximum atomic E-state index is 9.49. The number of aliphatic hydroxyl groups excluding tert-OH is 1. The molecule has 0 radical (unpaired) electrons. The van der Waals surface area contributed by atoms with Crippen molar-refractivity contribution in [2.75, 3.05) is 0 Å². The summed E-state index contributed by atoms with van der Waals surface area (Å²) in [6.45, 7) is 1.73. The van der Waals surface area contributed by atoms with Gasteiger partial charge in [0, 0.05) is 14.3 Å². The Bertz CT molecular complexity index is 557. The van der Waals surface area contributed by atoms with E-state index in [1.165, 1.54) is 0 Å². The van der Waals surface area contributed by atoms with Crippen molar-refractivity contribution in [3.63, 3.8) is 0 Å². The molecule has 1 atom stereocenters. The van der Waals surface area contributed by atoms with Gasteiger partial charge < -0.3 is 5.11 Å². The normalized spacial score (nSPS) is 12.4. The second-order valence-corrected chi connectivity index (χ2v) is 6.36. The fourth-order valence-corrected chi connectivity index (χ4v) is 3.25. The first kappa shape index (κ1) is 13.9. The Kier molecular flexibility index (Phi) is 4.73. The molecule has 0 aliphatic rings. The summed E-state index contributed by atoms with van der Waals surface area (Å²) < 4.78 is 1.05. The van der Waals surface area contributed by atoms with Crippen molar-refractivity contribution < 1.29 is 5.11 Å². The van der Waals surface area contributed by atoms with Crippen molar-refractivity contribution in [3.8, 4) is 0 Å². The summed E-state index contributed by atoms with van der Waals surface area (Å²) in [4.78, 5) is 2.11. The van der Waals surface area contributed by atoms with Gasteiger partial charge in [-0.1, -0.05) is 51.4 Å². The van der Waals surface area contributed by atoms with E-state index in [-0.39, 0.29) is 0 Å². The molecule has 94 valence electrons. The molecule has 2 rings (SSSR count). The third kappa shape index (κ3) is 3.51. The van der Waals surface area contributed by atoms with E-state index in [4.69, 9.17) is 11.6 Å². The van der Waals surface area contributed by atoms with Crippen LogP contribution in [0.25, 0.3) is 0 Å². The van der Waals surface area contributed by atoms with Gasteiger partial charge in [0.2, 0.25) is 0 Å². The molecule has 2 aromatic rings. The molecule has 0 aliphatic heterocycles. The van der Waals surface area contributed by atoms with Crippen LogP contribution < -0.4 is 0 Å². The molecule has 0 saturated heterocycles. The summed E-state index contributed by atoms with van der Waals surface area (Å²) in [5.74, 6) is 0. The van der Waals surface area contributed by atoms with Crippen molar-refractivity contribution in [2.24, 2.45) is 0 Å². The zero-order valence-electron chi connectivity index (χ0n) is 9.73. The second kappa shape index (κ2) is 6.11. The lowest BCUT2D eigenvalue weighted by atomic mass is 10.1. The SMILES string of the molecule is C[C@@H](O)c1ccc(Sc2cccc(Br)c2)c(Cl)c1. The average molecular weight is 344 g/mol. The first-order chi connectivity index (χ1) is 8.56. The number of rotatable bonds is 3. The van der Waals surface area contributed by atoms with Gasteiger partial charge in [-0.05, 0) is 42.8 Å². The first-order valence-corrected chi connectivity index (χ1v) is 7.46. The van der Waals surface area contributed by atoms with E-state index in [1.807, 2.05) is 42.5 Å². The summed E-state index contributed by atoms with van der Waals surface area (Å²) in [5.41, 5.74) is 0.832. The Hall–Kier alpha value is -0.480. The molecular weight excluding hydrogens is 332 g/mol. The molecule has 0 saturated carbocycles. The summed E-state index contributed by atoms with van der Waals surface area (Å²) >= 11 is 11.3. The Morgan fingerprint density at radius 2 is 2.00 bits per heavy atom. The second-order valence-electron chi connectivity index (χ2n) is 3.93. The molecule has 0 bridgehead atoms. The van der Waals surface area contributed by atoms with Crippen LogP contribution >= 0.6 is 39.3 Å². The summed E-state index contributed by atoms with van der Waals surface area (Å²) in [7, 11) is 0. The molecule has 1 nitrogen and oxygen atoms in total. The van der Waals surface area contributed by atoms with E-state index < -0.39 is 6.10 Å². The zero-order valence-corrected chi connectivity index (χ0v) is 12.9. The molecule has 18 heavy (non-hydrogen) atoms. The van der Waals surface area contributed by atoms with Crippen LogP contribution in [0.2, 0.25) is 5.02 Å². The largest absolute Gasteiger partial charge is 0.389 e. The van der Waals surface area contributed by atoms with Crippen LogP contribution in [-0.2, 0) is 0 Å². The molecule has 1 N–H and O–H groups in total. The molecule has 0 amide bonds. The van der Waals surface area contributed by atoms with Crippen molar-refractivity contribution in [1.29, 1.82) is 0 Å². The smallest absolute Gasteiger partial charge is 0.0762 e. The lowest BCUT2D eigenvalue weighted by molar-refractivity contribution is 0.199. The van der Waals surface area contributed by atoms with Crippen molar-refractivity contribution in [3.05, 3.63) is 57.5 Å². The number of hydrogen-bond donors (Lipinski definition) is 1. The average Bonchev–Trinajstić information content (AvgIpc) is 2.31. The van der Waals surface area contributed by atoms with Crippen LogP contribution in [-0.4, -0.2) is 5.11 Å². The van der Waals surface area contributed by atoms with Gasteiger partial charge in [-0.15, -0.1) is 0 Å². The van der Waals surface area contributed by atoms with E-state index in [9.17, 15) is 5.11 Å². The highest BCUT2D eigenvalue weighted by atomic mass is 79.9. The quantitative estimate of drug-likeness (QED) is 0.815. The van der Waals surface area contributed by atoms with Crippen LogP contribution in [0.1, 0.15) is 18.6 Å². The number of benzene rings is 2. The Morgan fingerprint density at radius 1 is 1.22 bits per heavy atom. The highest BCUT2D eigenvalue weighted by Crippen LogP contribution is 2.35. The molecule has 0 unspecified atom stereocenters. The van der Waals surface area contributed by atoms with E-state index >= 15 is 0 Å². The van der Waals surface area contributed by atoms with Gasteiger partial charge in [0.15, 0.2) is 0 Å². The van der Waals surface area contributed by atoms with E-state index in [1.54, 1.807) is 18.7 Å². The Morgan fingerprint density at radius 3 is 2.61 bits per heavy atom. The minimum absolute atomic E-state index is 0.493. The molecule has 0 spiro atoms. The predicted molar refractivity (Wildman–Crippen MR) is 80.4 cm³/mol. The number of aliphatic hydroxyl groups is 1. The van der Waals surface area contributed by atoms with E-state index in [2.05, 4.69) is 15.9 Å². The standard InChI is InChI=1S/C14H12BrClOS/c1-9(17)10-5-6-14(13(16)7-10)18-12-4-2-3-11(15)8-12/h2-9,17H,1H3/t9-/m1/s1. The topological polar surface area (TPSA) is 20.2 Å². The molecule has 2 aromatic carbocycles. The van der Waals surface area contributed by atoms with Crippen molar-refractivity contribution >= 4 is 39.3 Å². The molecule has 0 aliphatic carbocycles. The monoisotopic (exact) mass is 342 g/mol. The third-order valence-corrected chi connectivity index (χ3v) is 4.45. The summed E-state index contributed by atoms with van der Waals surface area (Å²) in [6, 6.07) is 13.7.